The summed E-state index contributed by atoms with van der Waals surface area (Å²) in [6, 6.07) is 0. The Hall–Kier alpha value is -1.63. The lowest BCUT2D eigenvalue weighted by Gasteiger charge is -2.12. The van der Waals surface area contributed by atoms with Gasteiger partial charge in [-0.25, -0.2) is 14.4 Å². The van der Waals surface area contributed by atoms with E-state index in [9.17, 15) is 14.4 Å². The van der Waals surface area contributed by atoms with E-state index in [0.717, 1.165) is 14.2 Å². The zero-order valence-electron chi connectivity index (χ0n) is 9.35. The molecule has 0 aromatic heterocycles. The maximum Gasteiger partial charge on any atom is 0.346 e. The van der Waals surface area contributed by atoms with Gasteiger partial charge in [0, 0.05) is 0 Å². The molecule has 0 aliphatic rings. The van der Waals surface area contributed by atoms with Crippen LogP contribution in [0.2, 0.25) is 0 Å². The lowest BCUT2D eigenvalue weighted by atomic mass is 10.3. The van der Waals surface area contributed by atoms with E-state index in [-0.39, 0.29) is 6.61 Å². The molecule has 0 aromatic carbocycles. The van der Waals surface area contributed by atoms with Crippen LogP contribution in [0.1, 0.15) is 6.92 Å². The first-order chi connectivity index (χ1) is 7.56. The second-order valence-corrected chi connectivity index (χ2v) is 2.54. The van der Waals surface area contributed by atoms with Crippen molar-refractivity contribution in [2.24, 2.45) is 0 Å². The predicted octanol–water partition coefficient (Wildman–Crippen LogP) is -0.719. The maximum atomic E-state index is 11.1. The zero-order valence-corrected chi connectivity index (χ0v) is 9.35. The third-order valence-electron chi connectivity index (χ3n) is 1.50. The Balaban J connectivity index is 4.28. The number of methoxy groups -OCH3 is 2. The second kappa shape index (κ2) is 7.63. The normalized spacial score (nSPS) is 9.75. The molecule has 0 amide bonds. The number of hydrogen-bond donors (Lipinski definition) is 0. The Morgan fingerprint density at radius 1 is 1.06 bits per heavy atom. The van der Waals surface area contributed by atoms with E-state index in [0.29, 0.717) is 0 Å². The van der Waals surface area contributed by atoms with Crippen molar-refractivity contribution < 1.29 is 33.3 Å². The van der Waals surface area contributed by atoms with Crippen LogP contribution in [-0.2, 0) is 33.3 Å². The molecule has 0 aliphatic carbocycles. The first-order valence-electron chi connectivity index (χ1n) is 4.49. The highest BCUT2D eigenvalue weighted by Crippen LogP contribution is 1.99. The van der Waals surface area contributed by atoms with Gasteiger partial charge in [-0.05, 0) is 6.92 Å². The van der Waals surface area contributed by atoms with Gasteiger partial charge < -0.3 is 18.9 Å². The average Bonchev–Trinajstić information content (AvgIpc) is 2.28. The fourth-order valence-electron chi connectivity index (χ4n) is 0.800. The number of hydrogen-bond acceptors (Lipinski definition) is 7. The third kappa shape index (κ3) is 4.74. The van der Waals surface area contributed by atoms with E-state index in [4.69, 9.17) is 4.74 Å². The first-order valence-corrected chi connectivity index (χ1v) is 4.49. The largest absolute Gasteiger partial charge is 0.467 e. The van der Waals surface area contributed by atoms with Crippen molar-refractivity contribution in [2.75, 3.05) is 27.4 Å². The van der Waals surface area contributed by atoms with Gasteiger partial charge in [-0.2, -0.15) is 0 Å². The van der Waals surface area contributed by atoms with Gasteiger partial charge >= 0.3 is 17.9 Å². The van der Waals surface area contributed by atoms with Crippen LogP contribution in [0.3, 0.4) is 0 Å². The lowest BCUT2D eigenvalue weighted by Crippen LogP contribution is -2.36. The van der Waals surface area contributed by atoms with E-state index in [1.807, 2.05) is 0 Å². The minimum absolute atomic E-state index is 0.184. The van der Waals surface area contributed by atoms with Crippen LogP contribution < -0.4 is 0 Å². The standard InChI is InChI=1S/C9H14O7/c1-4-15-6(10)5-16-7(8(11)13-2)9(12)14-3/h7H,4-5H2,1-3H3. The van der Waals surface area contributed by atoms with E-state index >= 15 is 0 Å². The molecule has 0 unspecified atom stereocenters. The van der Waals surface area contributed by atoms with Crippen molar-refractivity contribution in [1.82, 2.24) is 0 Å². The molecule has 0 rings (SSSR count). The summed E-state index contributed by atoms with van der Waals surface area (Å²) in [5.74, 6) is -2.55. The lowest BCUT2D eigenvalue weighted by molar-refractivity contribution is -0.173. The molecular formula is C9H14O7. The van der Waals surface area contributed by atoms with Gasteiger partial charge in [0.1, 0.15) is 6.61 Å². The summed E-state index contributed by atoms with van der Waals surface area (Å²) in [5, 5.41) is 0. The topological polar surface area (TPSA) is 88.1 Å². The summed E-state index contributed by atoms with van der Waals surface area (Å²) in [6.45, 7) is 1.28. The number of esters is 3. The van der Waals surface area contributed by atoms with E-state index in [2.05, 4.69) is 14.2 Å². The van der Waals surface area contributed by atoms with Gasteiger partial charge in [0.05, 0.1) is 20.8 Å². The number of ether oxygens (including phenoxy) is 4. The van der Waals surface area contributed by atoms with Crippen LogP contribution in [0.5, 0.6) is 0 Å². The Kier molecular flexibility index (Phi) is 6.86. The molecule has 0 heterocycles. The molecule has 0 aromatic rings. The Morgan fingerprint density at radius 3 is 1.94 bits per heavy atom. The molecule has 0 spiro atoms. The molecular weight excluding hydrogens is 220 g/mol. The van der Waals surface area contributed by atoms with Gasteiger partial charge in [-0.1, -0.05) is 0 Å². The molecule has 0 fully saturated rings. The molecule has 7 heteroatoms. The minimum atomic E-state index is -1.57. The Bertz CT molecular complexity index is 245. The summed E-state index contributed by atoms with van der Waals surface area (Å²) >= 11 is 0. The van der Waals surface area contributed by atoms with Crippen LogP contribution in [-0.4, -0.2) is 51.4 Å². The molecule has 0 atom stereocenters. The average molecular weight is 234 g/mol. The third-order valence-corrected chi connectivity index (χ3v) is 1.50. The first kappa shape index (κ1) is 14.4. The van der Waals surface area contributed by atoms with E-state index in [1.165, 1.54) is 0 Å². The monoisotopic (exact) mass is 234 g/mol. The van der Waals surface area contributed by atoms with E-state index < -0.39 is 30.6 Å². The highest BCUT2D eigenvalue weighted by Gasteiger charge is 2.30. The van der Waals surface area contributed by atoms with Gasteiger partial charge in [0.25, 0.3) is 6.10 Å². The summed E-state index contributed by atoms with van der Waals surface area (Å²) in [7, 11) is 2.18. The molecule has 0 aliphatic heterocycles. The van der Waals surface area contributed by atoms with Crippen LogP contribution in [0.25, 0.3) is 0 Å². The Morgan fingerprint density at radius 2 is 1.56 bits per heavy atom. The van der Waals surface area contributed by atoms with Crippen LogP contribution in [0, 0.1) is 0 Å². The molecule has 0 N–H and O–H groups in total. The molecule has 0 radical (unpaired) electrons. The van der Waals surface area contributed by atoms with Gasteiger partial charge in [-0.15, -0.1) is 0 Å². The highest BCUT2D eigenvalue weighted by molar-refractivity contribution is 5.98. The van der Waals surface area contributed by atoms with Gasteiger partial charge in [-0.3, -0.25) is 0 Å². The van der Waals surface area contributed by atoms with Crippen molar-refractivity contribution in [3.05, 3.63) is 0 Å². The van der Waals surface area contributed by atoms with Gasteiger partial charge in [0.2, 0.25) is 0 Å². The number of rotatable bonds is 6. The quantitative estimate of drug-likeness (QED) is 0.340. The molecule has 0 saturated heterocycles. The fraction of sp³-hybridized carbons (Fsp3) is 0.667. The number of carbonyl (C=O) groups is 3. The Labute approximate surface area is 92.6 Å². The molecule has 0 bridgehead atoms. The number of carbonyl (C=O) groups excluding carboxylic acids is 3. The van der Waals surface area contributed by atoms with Crippen molar-refractivity contribution in [3.63, 3.8) is 0 Å². The molecule has 7 nitrogen and oxygen atoms in total. The molecule has 16 heavy (non-hydrogen) atoms. The summed E-state index contributed by atoms with van der Waals surface area (Å²) in [6.07, 6.45) is -1.57. The molecule has 0 saturated carbocycles. The SMILES string of the molecule is CCOC(=O)COC(C(=O)OC)C(=O)OC. The van der Waals surface area contributed by atoms with Crippen LogP contribution >= 0.6 is 0 Å². The predicted molar refractivity (Wildman–Crippen MR) is 50.4 cm³/mol. The van der Waals surface area contributed by atoms with Crippen molar-refractivity contribution in [1.29, 1.82) is 0 Å². The smallest absolute Gasteiger partial charge is 0.346 e. The zero-order chi connectivity index (χ0) is 12.6. The summed E-state index contributed by atoms with van der Waals surface area (Å²) in [5.41, 5.74) is 0. The van der Waals surface area contributed by atoms with Crippen molar-refractivity contribution in [2.45, 2.75) is 13.0 Å². The fourth-order valence-corrected chi connectivity index (χ4v) is 0.800. The van der Waals surface area contributed by atoms with Crippen molar-refractivity contribution >= 4 is 17.9 Å². The van der Waals surface area contributed by atoms with E-state index in [1.54, 1.807) is 6.92 Å². The van der Waals surface area contributed by atoms with Crippen LogP contribution in [0.15, 0.2) is 0 Å². The van der Waals surface area contributed by atoms with Gasteiger partial charge in [0.15, 0.2) is 0 Å². The van der Waals surface area contributed by atoms with Crippen LogP contribution in [0.4, 0.5) is 0 Å². The summed E-state index contributed by atoms with van der Waals surface area (Å²) < 4.78 is 17.9. The molecule has 92 valence electrons. The second-order valence-electron chi connectivity index (χ2n) is 2.54. The highest BCUT2D eigenvalue weighted by atomic mass is 16.6. The maximum absolute atomic E-state index is 11.1. The minimum Gasteiger partial charge on any atom is -0.467 e. The van der Waals surface area contributed by atoms with Crippen molar-refractivity contribution in [3.8, 4) is 0 Å². The summed E-state index contributed by atoms with van der Waals surface area (Å²) in [4.78, 5) is 33.1.